The lowest BCUT2D eigenvalue weighted by atomic mass is 9.93. The number of carbonyl (C=O) groups excluding carboxylic acids is 1. The van der Waals surface area contributed by atoms with Gasteiger partial charge in [0.1, 0.15) is 0 Å². The van der Waals surface area contributed by atoms with E-state index in [0.29, 0.717) is 0 Å². The molecule has 5 heteroatoms. The van der Waals surface area contributed by atoms with Crippen molar-refractivity contribution in [3.63, 3.8) is 0 Å². The summed E-state index contributed by atoms with van der Waals surface area (Å²) in [5, 5.41) is 8.51. The second kappa shape index (κ2) is 7.17. The molecule has 0 spiro atoms. The fourth-order valence-electron chi connectivity index (χ4n) is 3.30. The molecular formula is C20H19N3OS. The van der Waals surface area contributed by atoms with Crippen LogP contribution in [0.2, 0.25) is 0 Å². The third-order valence-electron chi connectivity index (χ3n) is 4.58. The number of benzene rings is 1. The summed E-state index contributed by atoms with van der Waals surface area (Å²) in [6.45, 7) is 1.57. The number of pyridine rings is 1. The Hall–Kier alpha value is -2.50. The van der Waals surface area contributed by atoms with Gasteiger partial charge in [-0.25, -0.2) is 0 Å². The number of anilines is 1. The van der Waals surface area contributed by atoms with Crippen molar-refractivity contribution in [2.45, 2.75) is 5.92 Å². The Bertz CT molecular complexity index is 848. The first-order chi connectivity index (χ1) is 12.3. The number of amides is 1. The number of nitrogens with zero attached hydrogens (tertiary/aromatic N) is 1. The van der Waals surface area contributed by atoms with Crippen LogP contribution in [0.4, 0.5) is 5.69 Å². The first-order valence-corrected chi connectivity index (χ1v) is 9.25. The topological polar surface area (TPSA) is 54.0 Å². The minimum atomic E-state index is -0.0410. The van der Waals surface area contributed by atoms with E-state index in [1.165, 1.54) is 4.88 Å². The first-order valence-electron chi connectivity index (χ1n) is 8.37. The summed E-state index contributed by atoms with van der Waals surface area (Å²) in [4.78, 5) is 18.2. The molecule has 3 aromatic rings. The predicted molar refractivity (Wildman–Crippen MR) is 102 cm³/mol. The zero-order valence-electron chi connectivity index (χ0n) is 13.7. The van der Waals surface area contributed by atoms with Gasteiger partial charge in [-0.1, -0.05) is 24.3 Å². The molecular weight excluding hydrogens is 330 g/mol. The van der Waals surface area contributed by atoms with Gasteiger partial charge in [-0.3, -0.25) is 9.78 Å². The van der Waals surface area contributed by atoms with Gasteiger partial charge in [-0.2, -0.15) is 0 Å². The summed E-state index contributed by atoms with van der Waals surface area (Å²) < 4.78 is 0. The van der Waals surface area contributed by atoms with Gasteiger partial charge in [0, 0.05) is 47.5 Å². The van der Waals surface area contributed by atoms with Crippen LogP contribution in [0.1, 0.15) is 10.8 Å². The third-order valence-corrected chi connectivity index (χ3v) is 5.59. The summed E-state index contributed by atoms with van der Waals surface area (Å²) in [5.74, 6) is 0.286. The van der Waals surface area contributed by atoms with Gasteiger partial charge in [0.15, 0.2) is 0 Å². The standard InChI is InChI=1S/C20H19N3OS/c24-20(18-13-22-12-17(18)19-7-3-9-25-19)23-16-6-1-4-14(10-16)15-5-2-8-21-11-15/h1-11,17-18,22H,12-13H2,(H,23,24). The Labute approximate surface area is 150 Å². The van der Waals surface area contributed by atoms with Gasteiger partial charge in [-0.05, 0) is 35.2 Å². The maximum absolute atomic E-state index is 12.8. The summed E-state index contributed by atoms with van der Waals surface area (Å²) in [5.41, 5.74) is 2.91. The smallest absolute Gasteiger partial charge is 0.229 e. The van der Waals surface area contributed by atoms with Gasteiger partial charge < -0.3 is 10.6 Å². The van der Waals surface area contributed by atoms with Crippen molar-refractivity contribution in [3.8, 4) is 11.1 Å². The molecule has 1 saturated heterocycles. The average molecular weight is 349 g/mol. The van der Waals surface area contributed by atoms with E-state index in [0.717, 1.165) is 29.9 Å². The molecule has 1 aliphatic rings. The maximum atomic E-state index is 12.8. The minimum absolute atomic E-state index is 0.0410. The molecule has 126 valence electrons. The molecule has 4 rings (SSSR count). The third kappa shape index (κ3) is 3.48. The number of hydrogen-bond donors (Lipinski definition) is 2. The molecule has 0 bridgehead atoms. The molecule has 2 atom stereocenters. The number of carbonyl (C=O) groups is 1. The van der Waals surface area contributed by atoms with E-state index in [4.69, 9.17) is 0 Å². The van der Waals surface area contributed by atoms with Gasteiger partial charge in [0.25, 0.3) is 0 Å². The summed E-state index contributed by atoms with van der Waals surface area (Å²) in [6.07, 6.45) is 3.58. The quantitative estimate of drug-likeness (QED) is 0.754. The predicted octanol–water partition coefficient (Wildman–Crippen LogP) is 3.75. The van der Waals surface area contributed by atoms with Crippen LogP contribution in [0.3, 0.4) is 0 Å². The molecule has 0 saturated carbocycles. The van der Waals surface area contributed by atoms with Crippen LogP contribution in [0, 0.1) is 5.92 Å². The lowest BCUT2D eigenvalue weighted by Crippen LogP contribution is -2.27. The summed E-state index contributed by atoms with van der Waals surface area (Å²) >= 11 is 1.72. The first kappa shape index (κ1) is 16.0. The number of nitrogens with one attached hydrogen (secondary N) is 2. The van der Waals surface area contributed by atoms with Crippen LogP contribution in [-0.4, -0.2) is 24.0 Å². The van der Waals surface area contributed by atoms with E-state index in [2.05, 4.69) is 27.1 Å². The fourth-order valence-corrected chi connectivity index (χ4v) is 4.19. The van der Waals surface area contributed by atoms with Crippen LogP contribution in [0.15, 0.2) is 66.3 Å². The lowest BCUT2D eigenvalue weighted by molar-refractivity contribution is -0.119. The van der Waals surface area contributed by atoms with Crippen molar-refractivity contribution in [1.82, 2.24) is 10.3 Å². The molecule has 1 amide bonds. The number of rotatable bonds is 4. The Balaban J connectivity index is 1.51. The van der Waals surface area contributed by atoms with Crippen molar-refractivity contribution in [3.05, 3.63) is 71.2 Å². The molecule has 2 unspecified atom stereocenters. The molecule has 0 aliphatic carbocycles. The van der Waals surface area contributed by atoms with Gasteiger partial charge in [-0.15, -0.1) is 11.3 Å². The van der Waals surface area contributed by atoms with Crippen molar-refractivity contribution >= 4 is 22.9 Å². The Kier molecular flexibility index (Phi) is 4.59. The zero-order valence-corrected chi connectivity index (χ0v) is 14.5. The highest BCUT2D eigenvalue weighted by molar-refractivity contribution is 7.10. The van der Waals surface area contributed by atoms with E-state index >= 15 is 0 Å². The van der Waals surface area contributed by atoms with Crippen LogP contribution in [-0.2, 0) is 4.79 Å². The molecule has 1 aliphatic heterocycles. The largest absolute Gasteiger partial charge is 0.326 e. The molecule has 4 nitrogen and oxygen atoms in total. The van der Waals surface area contributed by atoms with Crippen LogP contribution >= 0.6 is 11.3 Å². The summed E-state index contributed by atoms with van der Waals surface area (Å²) in [6, 6.07) is 16.0. The molecule has 1 fully saturated rings. The second-order valence-electron chi connectivity index (χ2n) is 6.20. The van der Waals surface area contributed by atoms with E-state index in [9.17, 15) is 4.79 Å². The highest BCUT2D eigenvalue weighted by atomic mass is 32.1. The number of hydrogen-bond acceptors (Lipinski definition) is 4. The second-order valence-corrected chi connectivity index (χ2v) is 7.18. The monoisotopic (exact) mass is 349 g/mol. The minimum Gasteiger partial charge on any atom is -0.326 e. The van der Waals surface area contributed by atoms with E-state index in [1.807, 2.05) is 48.7 Å². The molecule has 2 N–H and O–H groups in total. The van der Waals surface area contributed by atoms with Crippen molar-refractivity contribution in [2.75, 3.05) is 18.4 Å². The normalized spacial score (nSPS) is 19.7. The Morgan fingerprint density at radius 1 is 1.12 bits per heavy atom. The Morgan fingerprint density at radius 2 is 2.04 bits per heavy atom. The van der Waals surface area contributed by atoms with E-state index in [-0.39, 0.29) is 17.7 Å². The fraction of sp³-hybridized carbons (Fsp3) is 0.200. The molecule has 3 heterocycles. The van der Waals surface area contributed by atoms with E-state index in [1.54, 1.807) is 17.5 Å². The van der Waals surface area contributed by atoms with Crippen molar-refractivity contribution in [2.24, 2.45) is 5.92 Å². The van der Waals surface area contributed by atoms with E-state index < -0.39 is 0 Å². The van der Waals surface area contributed by atoms with Crippen molar-refractivity contribution in [1.29, 1.82) is 0 Å². The molecule has 1 aromatic carbocycles. The van der Waals surface area contributed by atoms with Crippen LogP contribution in [0.5, 0.6) is 0 Å². The molecule has 2 aromatic heterocycles. The van der Waals surface area contributed by atoms with Gasteiger partial charge in [0.2, 0.25) is 5.91 Å². The van der Waals surface area contributed by atoms with Crippen molar-refractivity contribution < 1.29 is 4.79 Å². The average Bonchev–Trinajstić information content (AvgIpc) is 3.34. The highest BCUT2D eigenvalue weighted by Crippen LogP contribution is 2.32. The number of aromatic nitrogens is 1. The lowest BCUT2D eigenvalue weighted by Gasteiger charge is -2.17. The number of thiophene rings is 1. The SMILES string of the molecule is O=C(Nc1cccc(-c2cccnc2)c1)C1CNCC1c1cccs1. The zero-order chi connectivity index (χ0) is 17.1. The van der Waals surface area contributed by atoms with Gasteiger partial charge in [0.05, 0.1) is 5.92 Å². The molecule has 25 heavy (non-hydrogen) atoms. The van der Waals surface area contributed by atoms with Crippen LogP contribution in [0.25, 0.3) is 11.1 Å². The van der Waals surface area contributed by atoms with Crippen LogP contribution < -0.4 is 10.6 Å². The Morgan fingerprint density at radius 3 is 2.84 bits per heavy atom. The molecule has 0 radical (unpaired) electrons. The highest BCUT2D eigenvalue weighted by Gasteiger charge is 2.34. The maximum Gasteiger partial charge on any atom is 0.229 e. The van der Waals surface area contributed by atoms with Gasteiger partial charge >= 0.3 is 0 Å². The summed E-state index contributed by atoms with van der Waals surface area (Å²) in [7, 11) is 0.